The summed E-state index contributed by atoms with van der Waals surface area (Å²) in [7, 11) is 2.19. The van der Waals surface area contributed by atoms with Crippen molar-refractivity contribution >= 4 is 22.4 Å². The minimum atomic E-state index is 0.533. The SMILES string of the molecule is Cc1c(N)nsc1N1CCCN(C)CC1C. The Morgan fingerprint density at radius 2 is 2.19 bits per heavy atom. The van der Waals surface area contributed by atoms with Crippen molar-refractivity contribution in [2.75, 3.05) is 37.3 Å². The summed E-state index contributed by atoms with van der Waals surface area (Å²) in [6.45, 7) is 7.73. The molecule has 0 saturated carbocycles. The molecule has 2 rings (SSSR count). The lowest BCUT2D eigenvalue weighted by molar-refractivity contribution is 0.337. The van der Waals surface area contributed by atoms with Crippen LogP contribution in [0.2, 0.25) is 0 Å². The molecule has 0 bridgehead atoms. The second-order valence-corrected chi connectivity index (χ2v) is 5.41. The molecule has 1 aliphatic heterocycles. The molecule has 1 aliphatic rings. The van der Waals surface area contributed by atoms with E-state index in [0.29, 0.717) is 11.9 Å². The summed E-state index contributed by atoms with van der Waals surface area (Å²) in [5.41, 5.74) is 6.96. The predicted molar refractivity (Wildman–Crippen MR) is 70.2 cm³/mol. The summed E-state index contributed by atoms with van der Waals surface area (Å²) in [5, 5.41) is 1.25. The molecule has 90 valence electrons. The van der Waals surface area contributed by atoms with Crippen molar-refractivity contribution in [1.82, 2.24) is 9.27 Å². The second-order valence-electron chi connectivity index (χ2n) is 4.66. The monoisotopic (exact) mass is 240 g/mol. The Morgan fingerprint density at radius 1 is 1.44 bits per heavy atom. The fourth-order valence-electron chi connectivity index (χ4n) is 2.28. The predicted octanol–water partition coefficient (Wildman–Crippen LogP) is 1.56. The Morgan fingerprint density at radius 3 is 2.81 bits per heavy atom. The van der Waals surface area contributed by atoms with Crippen molar-refractivity contribution in [3.05, 3.63) is 5.56 Å². The summed E-state index contributed by atoms with van der Waals surface area (Å²) in [6, 6.07) is 0.533. The van der Waals surface area contributed by atoms with Crippen LogP contribution < -0.4 is 10.6 Å². The molecular formula is C11H20N4S. The first-order valence-electron chi connectivity index (χ1n) is 5.76. The summed E-state index contributed by atoms with van der Waals surface area (Å²) >= 11 is 1.53. The molecule has 16 heavy (non-hydrogen) atoms. The number of nitrogens with two attached hydrogens (primary N) is 1. The Labute approximate surface area is 101 Å². The van der Waals surface area contributed by atoms with E-state index in [1.165, 1.54) is 29.5 Å². The van der Waals surface area contributed by atoms with E-state index in [9.17, 15) is 0 Å². The molecule has 0 amide bonds. The molecule has 2 N–H and O–H groups in total. The van der Waals surface area contributed by atoms with Crippen molar-refractivity contribution in [3.8, 4) is 0 Å². The van der Waals surface area contributed by atoms with Gasteiger partial charge in [-0.05, 0) is 45.4 Å². The van der Waals surface area contributed by atoms with Crippen LogP contribution in [0.5, 0.6) is 0 Å². The summed E-state index contributed by atoms with van der Waals surface area (Å²) in [5.74, 6) is 0.685. The van der Waals surface area contributed by atoms with E-state index in [4.69, 9.17) is 5.73 Å². The Balaban J connectivity index is 2.22. The van der Waals surface area contributed by atoms with Gasteiger partial charge in [0.1, 0.15) is 10.8 Å². The molecule has 0 radical (unpaired) electrons. The van der Waals surface area contributed by atoms with Crippen molar-refractivity contribution in [2.24, 2.45) is 0 Å². The number of anilines is 2. The molecular weight excluding hydrogens is 220 g/mol. The molecule has 4 nitrogen and oxygen atoms in total. The summed E-state index contributed by atoms with van der Waals surface area (Å²) in [6.07, 6.45) is 1.21. The van der Waals surface area contributed by atoms with Crippen molar-refractivity contribution in [2.45, 2.75) is 26.3 Å². The normalized spacial score (nSPS) is 23.4. The lowest BCUT2D eigenvalue weighted by atomic mass is 10.2. The van der Waals surface area contributed by atoms with Crippen LogP contribution in [0.1, 0.15) is 18.9 Å². The number of likely N-dealkylation sites (N-methyl/N-ethyl adjacent to an activating group) is 1. The second kappa shape index (κ2) is 4.59. The van der Waals surface area contributed by atoms with E-state index in [2.05, 4.69) is 35.1 Å². The number of hydrogen-bond acceptors (Lipinski definition) is 5. The van der Waals surface area contributed by atoms with Gasteiger partial charge in [0.2, 0.25) is 0 Å². The first kappa shape index (κ1) is 11.7. The van der Waals surface area contributed by atoms with Crippen LogP contribution in [0.15, 0.2) is 0 Å². The maximum absolute atomic E-state index is 5.82. The molecule has 1 aromatic rings. The number of nitrogens with zero attached hydrogens (tertiary/aromatic N) is 3. The van der Waals surface area contributed by atoms with Crippen molar-refractivity contribution in [1.29, 1.82) is 0 Å². The molecule has 0 spiro atoms. The lowest BCUT2D eigenvalue weighted by Gasteiger charge is -2.28. The van der Waals surface area contributed by atoms with Gasteiger partial charge in [0.25, 0.3) is 0 Å². The van der Waals surface area contributed by atoms with E-state index in [1.807, 2.05) is 0 Å². The van der Waals surface area contributed by atoms with Crippen LogP contribution in [-0.4, -0.2) is 42.0 Å². The van der Waals surface area contributed by atoms with Gasteiger partial charge in [-0.25, -0.2) is 0 Å². The smallest absolute Gasteiger partial charge is 0.142 e. The summed E-state index contributed by atoms with van der Waals surface area (Å²) < 4.78 is 4.24. The zero-order valence-corrected chi connectivity index (χ0v) is 11.0. The molecule has 1 saturated heterocycles. The fraction of sp³-hybridized carbons (Fsp3) is 0.727. The van der Waals surface area contributed by atoms with E-state index in [-0.39, 0.29) is 0 Å². The molecule has 5 heteroatoms. The molecule has 1 fully saturated rings. The minimum Gasteiger partial charge on any atom is -0.383 e. The standard InChI is InChI=1S/C11H20N4S/c1-8-7-14(3)5-4-6-15(8)11-9(2)10(12)13-16-11/h8H,4-7H2,1-3H3,(H2,12,13). The zero-order valence-electron chi connectivity index (χ0n) is 10.2. The molecule has 1 aromatic heterocycles. The molecule has 0 aromatic carbocycles. The maximum atomic E-state index is 5.82. The third kappa shape index (κ3) is 2.15. The number of nitrogen functional groups attached to an aromatic ring is 1. The van der Waals surface area contributed by atoms with Gasteiger partial charge in [-0.15, -0.1) is 0 Å². The number of rotatable bonds is 1. The Hall–Kier alpha value is -0.810. The Kier molecular flexibility index (Phi) is 3.35. The van der Waals surface area contributed by atoms with Gasteiger partial charge >= 0.3 is 0 Å². The van der Waals surface area contributed by atoms with Crippen molar-refractivity contribution < 1.29 is 0 Å². The highest BCUT2D eigenvalue weighted by atomic mass is 32.1. The van der Waals surface area contributed by atoms with E-state index < -0.39 is 0 Å². The highest BCUT2D eigenvalue weighted by molar-refractivity contribution is 7.10. The van der Waals surface area contributed by atoms with Gasteiger partial charge in [-0.1, -0.05) is 0 Å². The minimum absolute atomic E-state index is 0.533. The highest BCUT2D eigenvalue weighted by Crippen LogP contribution is 2.31. The quantitative estimate of drug-likeness (QED) is 0.809. The third-order valence-corrected chi connectivity index (χ3v) is 4.24. The van der Waals surface area contributed by atoms with Crippen molar-refractivity contribution in [3.63, 3.8) is 0 Å². The molecule has 2 heterocycles. The lowest BCUT2D eigenvalue weighted by Crippen LogP contribution is -2.37. The van der Waals surface area contributed by atoms with E-state index in [0.717, 1.165) is 18.7 Å². The van der Waals surface area contributed by atoms with Gasteiger partial charge in [0, 0.05) is 24.7 Å². The van der Waals surface area contributed by atoms with Gasteiger partial charge in [-0.2, -0.15) is 4.37 Å². The van der Waals surface area contributed by atoms with Crippen LogP contribution in [0, 0.1) is 6.92 Å². The molecule has 0 aliphatic carbocycles. The van der Waals surface area contributed by atoms with Crippen LogP contribution in [0.4, 0.5) is 10.8 Å². The topological polar surface area (TPSA) is 45.4 Å². The molecule has 1 atom stereocenters. The van der Waals surface area contributed by atoms with E-state index >= 15 is 0 Å². The highest BCUT2D eigenvalue weighted by Gasteiger charge is 2.23. The van der Waals surface area contributed by atoms with Gasteiger partial charge in [0.05, 0.1) is 0 Å². The summed E-state index contributed by atoms with van der Waals surface area (Å²) in [4.78, 5) is 4.84. The zero-order chi connectivity index (χ0) is 11.7. The van der Waals surface area contributed by atoms with Crippen LogP contribution in [0.3, 0.4) is 0 Å². The fourth-order valence-corrected chi connectivity index (χ4v) is 3.22. The first-order valence-corrected chi connectivity index (χ1v) is 6.54. The largest absolute Gasteiger partial charge is 0.383 e. The van der Waals surface area contributed by atoms with Gasteiger partial charge in [-0.3, -0.25) is 0 Å². The average Bonchev–Trinajstić information content (AvgIpc) is 2.46. The first-order chi connectivity index (χ1) is 7.59. The number of aromatic nitrogens is 1. The number of hydrogen-bond donors (Lipinski definition) is 1. The van der Waals surface area contributed by atoms with Gasteiger partial charge < -0.3 is 15.5 Å². The van der Waals surface area contributed by atoms with Crippen LogP contribution >= 0.6 is 11.5 Å². The maximum Gasteiger partial charge on any atom is 0.142 e. The van der Waals surface area contributed by atoms with Crippen LogP contribution in [-0.2, 0) is 0 Å². The third-order valence-electron chi connectivity index (χ3n) is 3.24. The van der Waals surface area contributed by atoms with Crippen LogP contribution in [0.25, 0.3) is 0 Å². The average molecular weight is 240 g/mol. The Bertz CT molecular complexity index is 363. The van der Waals surface area contributed by atoms with E-state index in [1.54, 1.807) is 0 Å². The molecule has 1 unspecified atom stereocenters. The van der Waals surface area contributed by atoms with Gasteiger partial charge in [0.15, 0.2) is 0 Å².